The van der Waals surface area contributed by atoms with Crippen LogP contribution < -0.4 is 10.5 Å². The normalized spacial score (nSPS) is 10.3. The summed E-state index contributed by atoms with van der Waals surface area (Å²) in [5.41, 5.74) is 10.4. The lowest BCUT2D eigenvalue weighted by Gasteiger charge is -2.08. The maximum absolute atomic E-state index is 6.02. The molecular weight excluding hydrogens is 222 g/mol. The summed E-state index contributed by atoms with van der Waals surface area (Å²) in [6, 6.07) is 14.4. The van der Waals surface area contributed by atoms with Crippen LogP contribution >= 0.6 is 0 Å². The van der Waals surface area contributed by atoms with Gasteiger partial charge in [-0.15, -0.1) is 0 Å². The molecule has 2 rings (SSSR count). The minimum Gasteiger partial charge on any atom is -0.494 e. The largest absolute Gasteiger partial charge is 0.494 e. The lowest BCUT2D eigenvalue weighted by atomic mass is 10.0. The van der Waals surface area contributed by atoms with Gasteiger partial charge in [-0.05, 0) is 48.2 Å². The molecule has 0 saturated heterocycles. The molecule has 0 amide bonds. The van der Waals surface area contributed by atoms with Gasteiger partial charge in [0.15, 0.2) is 0 Å². The molecule has 0 aliphatic rings. The van der Waals surface area contributed by atoms with Crippen LogP contribution in [-0.2, 0) is 6.42 Å². The van der Waals surface area contributed by atoms with Gasteiger partial charge < -0.3 is 10.5 Å². The highest BCUT2D eigenvalue weighted by atomic mass is 16.5. The average molecular weight is 241 g/mol. The minimum atomic E-state index is 0.692. The maximum atomic E-state index is 6.02. The number of hydrogen-bond donors (Lipinski definition) is 1. The van der Waals surface area contributed by atoms with E-state index in [-0.39, 0.29) is 0 Å². The van der Waals surface area contributed by atoms with Crippen molar-refractivity contribution in [2.75, 3.05) is 12.3 Å². The molecule has 94 valence electrons. The van der Waals surface area contributed by atoms with Gasteiger partial charge in [0.05, 0.1) is 6.61 Å². The number of nitrogen functional groups attached to an aromatic ring is 1. The van der Waals surface area contributed by atoms with E-state index in [9.17, 15) is 0 Å². The second-order valence-electron chi connectivity index (χ2n) is 4.22. The van der Waals surface area contributed by atoms with Crippen LogP contribution in [0.4, 0.5) is 5.69 Å². The molecule has 0 spiro atoms. The highest BCUT2D eigenvalue weighted by molar-refractivity contribution is 5.69. The van der Waals surface area contributed by atoms with Crippen LogP contribution in [0.2, 0.25) is 0 Å². The minimum absolute atomic E-state index is 0.692. The van der Waals surface area contributed by atoms with E-state index < -0.39 is 0 Å². The molecule has 2 nitrogen and oxygen atoms in total. The average Bonchev–Trinajstić information content (AvgIpc) is 2.40. The first-order valence-corrected chi connectivity index (χ1v) is 6.36. The number of benzene rings is 2. The summed E-state index contributed by atoms with van der Waals surface area (Å²) in [4.78, 5) is 0. The Morgan fingerprint density at radius 2 is 1.61 bits per heavy atom. The Kier molecular flexibility index (Phi) is 3.88. The van der Waals surface area contributed by atoms with Gasteiger partial charge in [-0.3, -0.25) is 0 Å². The zero-order valence-electron chi connectivity index (χ0n) is 10.9. The van der Waals surface area contributed by atoms with E-state index in [0.717, 1.165) is 29.0 Å². The van der Waals surface area contributed by atoms with Gasteiger partial charge in [-0.2, -0.15) is 0 Å². The molecule has 0 unspecified atom stereocenters. The Labute approximate surface area is 108 Å². The van der Waals surface area contributed by atoms with Crippen molar-refractivity contribution in [3.8, 4) is 16.9 Å². The van der Waals surface area contributed by atoms with E-state index in [4.69, 9.17) is 10.5 Å². The fourth-order valence-corrected chi connectivity index (χ4v) is 2.01. The zero-order valence-corrected chi connectivity index (χ0v) is 10.9. The Hall–Kier alpha value is -1.96. The molecule has 0 aromatic heterocycles. The first-order chi connectivity index (χ1) is 8.74. The smallest absolute Gasteiger partial charge is 0.119 e. The van der Waals surface area contributed by atoms with Crippen LogP contribution in [0.5, 0.6) is 5.75 Å². The van der Waals surface area contributed by atoms with Gasteiger partial charge in [-0.25, -0.2) is 0 Å². The summed E-state index contributed by atoms with van der Waals surface area (Å²) in [5.74, 6) is 0.902. The lowest BCUT2D eigenvalue weighted by molar-refractivity contribution is 0.340. The number of anilines is 1. The summed E-state index contributed by atoms with van der Waals surface area (Å²) < 4.78 is 5.43. The van der Waals surface area contributed by atoms with Crippen molar-refractivity contribution in [2.45, 2.75) is 20.3 Å². The Balaban J connectivity index is 2.28. The molecule has 2 N–H and O–H groups in total. The lowest BCUT2D eigenvalue weighted by Crippen LogP contribution is -1.93. The predicted octanol–water partition coefficient (Wildman–Crippen LogP) is 3.90. The van der Waals surface area contributed by atoms with Gasteiger partial charge in [0.1, 0.15) is 5.75 Å². The summed E-state index contributed by atoms with van der Waals surface area (Å²) in [7, 11) is 0. The first-order valence-electron chi connectivity index (χ1n) is 6.36. The van der Waals surface area contributed by atoms with Crippen molar-refractivity contribution in [3.05, 3.63) is 48.0 Å². The van der Waals surface area contributed by atoms with Crippen molar-refractivity contribution in [1.29, 1.82) is 0 Å². The highest BCUT2D eigenvalue weighted by Gasteiger charge is 2.02. The fraction of sp³-hybridized carbons (Fsp3) is 0.250. The number of rotatable bonds is 4. The molecule has 0 saturated carbocycles. The zero-order chi connectivity index (χ0) is 13.0. The van der Waals surface area contributed by atoms with E-state index in [2.05, 4.69) is 31.2 Å². The van der Waals surface area contributed by atoms with Crippen LogP contribution in [0.25, 0.3) is 11.1 Å². The maximum Gasteiger partial charge on any atom is 0.119 e. The predicted molar refractivity (Wildman–Crippen MR) is 76.8 cm³/mol. The molecule has 2 aromatic rings. The molecule has 0 aliphatic carbocycles. The Morgan fingerprint density at radius 1 is 0.944 bits per heavy atom. The van der Waals surface area contributed by atoms with E-state index >= 15 is 0 Å². The van der Waals surface area contributed by atoms with Gasteiger partial charge >= 0.3 is 0 Å². The van der Waals surface area contributed by atoms with Crippen LogP contribution in [0.3, 0.4) is 0 Å². The molecule has 0 heterocycles. The standard InChI is InChI=1S/C16H19NO/c1-3-12-5-6-14(11-16(12)17)13-7-9-15(10-8-13)18-4-2/h5-11H,3-4,17H2,1-2H3. The third-order valence-corrected chi connectivity index (χ3v) is 3.03. The number of aryl methyl sites for hydroxylation is 1. The van der Waals surface area contributed by atoms with Gasteiger partial charge in [0.2, 0.25) is 0 Å². The molecule has 0 aliphatic heterocycles. The third-order valence-electron chi connectivity index (χ3n) is 3.03. The molecule has 2 aromatic carbocycles. The molecule has 0 fully saturated rings. The van der Waals surface area contributed by atoms with Crippen LogP contribution in [0, 0.1) is 0 Å². The Bertz CT molecular complexity index is 517. The van der Waals surface area contributed by atoms with E-state index in [1.807, 2.05) is 25.1 Å². The van der Waals surface area contributed by atoms with Crippen molar-refractivity contribution >= 4 is 5.69 Å². The SMILES string of the molecule is CCOc1ccc(-c2ccc(CC)c(N)c2)cc1. The number of ether oxygens (including phenoxy) is 1. The summed E-state index contributed by atoms with van der Waals surface area (Å²) >= 11 is 0. The first kappa shape index (κ1) is 12.5. The van der Waals surface area contributed by atoms with E-state index in [1.165, 1.54) is 5.56 Å². The van der Waals surface area contributed by atoms with E-state index in [1.54, 1.807) is 0 Å². The summed E-state index contributed by atoms with van der Waals surface area (Å²) in [6.45, 7) is 4.79. The number of hydrogen-bond acceptors (Lipinski definition) is 2. The van der Waals surface area contributed by atoms with Crippen molar-refractivity contribution in [3.63, 3.8) is 0 Å². The summed E-state index contributed by atoms with van der Waals surface area (Å²) in [5, 5.41) is 0. The highest BCUT2D eigenvalue weighted by Crippen LogP contribution is 2.26. The molecule has 0 atom stereocenters. The molecule has 0 bridgehead atoms. The fourth-order valence-electron chi connectivity index (χ4n) is 2.01. The van der Waals surface area contributed by atoms with Crippen LogP contribution in [0.15, 0.2) is 42.5 Å². The van der Waals surface area contributed by atoms with Gasteiger partial charge in [0, 0.05) is 5.69 Å². The second-order valence-corrected chi connectivity index (χ2v) is 4.22. The van der Waals surface area contributed by atoms with Crippen molar-refractivity contribution in [2.24, 2.45) is 0 Å². The molecule has 2 heteroatoms. The topological polar surface area (TPSA) is 35.2 Å². The van der Waals surface area contributed by atoms with Gasteiger partial charge in [0.25, 0.3) is 0 Å². The van der Waals surface area contributed by atoms with Crippen LogP contribution in [-0.4, -0.2) is 6.61 Å². The molecule has 18 heavy (non-hydrogen) atoms. The summed E-state index contributed by atoms with van der Waals surface area (Å²) in [6.07, 6.45) is 0.968. The van der Waals surface area contributed by atoms with Crippen molar-refractivity contribution < 1.29 is 4.74 Å². The quantitative estimate of drug-likeness (QED) is 0.824. The monoisotopic (exact) mass is 241 g/mol. The molecular formula is C16H19NO. The number of nitrogens with two attached hydrogens (primary N) is 1. The second kappa shape index (κ2) is 5.58. The van der Waals surface area contributed by atoms with Crippen molar-refractivity contribution in [1.82, 2.24) is 0 Å². The Morgan fingerprint density at radius 3 is 2.17 bits per heavy atom. The van der Waals surface area contributed by atoms with Gasteiger partial charge in [-0.1, -0.05) is 31.2 Å². The van der Waals surface area contributed by atoms with E-state index in [0.29, 0.717) is 6.61 Å². The molecule has 0 radical (unpaired) electrons. The van der Waals surface area contributed by atoms with Crippen LogP contribution in [0.1, 0.15) is 19.4 Å². The third kappa shape index (κ3) is 2.65.